The lowest BCUT2D eigenvalue weighted by atomic mass is 10.3. The minimum atomic E-state index is 0.728. The highest BCUT2D eigenvalue weighted by molar-refractivity contribution is 5.15. The van der Waals surface area contributed by atoms with Crippen LogP contribution in [0.25, 0.3) is 0 Å². The first-order valence-corrected chi connectivity index (χ1v) is 6.70. The van der Waals surface area contributed by atoms with Gasteiger partial charge in [-0.25, -0.2) is 4.98 Å². The summed E-state index contributed by atoms with van der Waals surface area (Å²) < 4.78 is 5.63. The fraction of sp³-hybridized carbons (Fsp3) is 0.643. The lowest BCUT2D eigenvalue weighted by Crippen LogP contribution is -2.16. The molecule has 1 aromatic rings. The van der Waals surface area contributed by atoms with Gasteiger partial charge in [0.15, 0.2) is 0 Å². The van der Waals surface area contributed by atoms with E-state index < -0.39 is 0 Å². The van der Waals surface area contributed by atoms with Crippen molar-refractivity contribution in [3.05, 3.63) is 23.9 Å². The molecule has 1 aliphatic carbocycles. The van der Waals surface area contributed by atoms with Crippen molar-refractivity contribution in [2.45, 2.75) is 51.6 Å². The Hall–Kier alpha value is -1.09. The van der Waals surface area contributed by atoms with Gasteiger partial charge in [0, 0.05) is 18.7 Å². The van der Waals surface area contributed by atoms with E-state index in [0.29, 0.717) is 0 Å². The van der Waals surface area contributed by atoms with Gasteiger partial charge >= 0.3 is 0 Å². The summed E-state index contributed by atoms with van der Waals surface area (Å²) in [5.41, 5.74) is 1.07. The lowest BCUT2D eigenvalue weighted by molar-refractivity contribution is 0.294. The second kappa shape index (κ2) is 6.60. The van der Waals surface area contributed by atoms with Crippen LogP contribution >= 0.6 is 0 Å². The molecule has 0 unspecified atom stereocenters. The first-order chi connectivity index (χ1) is 8.38. The van der Waals surface area contributed by atoms with Gasteiger partial charge in [0.05, 0.1) is 12.3 Å². The number of ether oxygens (including phenoxy) is 1. The molecule has 0 aliphatic heterocycles. The largest absolute Gasteiger partial charge is 0.478 e. The second-order valence-electron chi connectivity index (χ2n) is 4.68. The van der Waals surface area contributed by atoms with E-state index in [4.69, 9.17) is 4.74 Å². The summed E-state index contributed by atoms with van der Waals surface area (Å²) in [6, 6.07) is 6.73. The van der Waals surface area contributed by atoms with Crippen molar-refractivity contribution in [3.63, 3.8) is 0 Å². The second-order valence-corrected chi connectivity index (χ2v) is 4.68. The Morgan fingerprint density at radius 2 is 2.24 bits per heavy atom. The van der Waals surface area contributed by atoms with Crippen molar-refractivity contribution in [3.8, 4) is 5.88 Å². The molecule has 0 bridgehead atoms. The molecule has 0 radical (unpaired) electrons. The third-order valence-electron chi connectivity index (χ3n) is 2.93. The van der Waals surface area contributed by atoms with E-state index in [2.05, 4.69) is 17.2 Å². The zero-order valence-electron chi connectivity index (χ0n) is 10.6. The maximum Gasteiger partial charge on any atom is 0.213 e. The van der Waals surface area contributed by atoms with E-state index in [9.17, 15) is 0 Å². The van der Waals surface area contributed by atoms with Gasteiger partial charge in [0.2, 0.25) is 5.88 Å². The summed E-state index contributed by atoms with van der Waals surface area (Å²) in [6.07, 6.45) is 6.19. The third-order valence-corrected chi connectivity index (χ3v) is 2.93. The number of hydrogen-bond acceptors (Lipinski definition) is 3. The van der Waals surface area contributed by atoms with Crippen LogP contribution in [0.3, 0.4) is 0 Å². The summed E-state index contributed by atoms with van der Waals surface area (Å²) in [7, 11) is 0. The molecule has 94 valence electrons. The van der Waals surface area contributed by atoms with Gasteiger partial charge in [-0.3, -0.25) is 0 Å². The highest BCUT2D eigenvalue weighted by Crippen LogP contribution is 2.19. The van der Waals surface area contributed by atoms with E-state index >= 15 is 0 Å². The Bertz CT molecular complexity index is 337. The standard InChI is InChI=1S/C14H22N2O/c1-2-3-4-10-17-14-7-5-6-13(16-14)11-15-12-8-9-12/h5-7,12,15H,2-4,8-11H2,1H3. The minimum absolute atomic E-state index is 0.728. The van der Waals surface area contributed by atoms with Crippen LogP contribution < -0.4 is 10.1 Å². The summed E-state index contributed by atoms with van der Waals surface area (Å²) in [4.78, 5) is 4.49. The fourth-order valence-electron chi connectivity index (χ4n) is 1.70. The molecule has 3 heteroatoms. The molecule has 2 rings (SSSR count). The first-order valence-electron chi connectivity index (χ1n) is 6.70. The Kier molecular flexibility index (Phi) is 4.80. The average Bonchev–Trinajstić information content (AvgIpc) is 3.17. The molecular formula is C14H22N2O. The molecule has 1 aliphatic rings. The maximum atomic E-state index is 5.63. The van der Waals surface area contributed by atoms with Crippen LogP contribution in [0.4, 0.5) is 0 Å². The van der Waals surface area contributed by atoms with Gasteiger partial charge < -0.3 is 10.1 Å². The van der Waals surface area contributed by atoms with Gasteiger partial charge in [-0.15, -0.1) is 0 Å². The predicted molar refractivity (Wildman–Crippen MR) is 69.1 cm³/mol. The quantitative estimate of drug-likeness (QED) is 0.702. The number of rotatable bonds is 8. The summed E-state index contributed by atoms with van der Waals surface area (Å²) >= 11 is 0. The van der Waals surface area contributed by atoms with E-state index in [1.165, 1.54) is 25.7 Å². The monoisotopic (exact) mass is 234 g/mol. The van der Waals surface area contributed by atoms with E-state index in [0.717, 1.165) is 37.2 Å². The zero-order valence-corrected chi connectivity index (χ0v) is 10.6. The number of nitrogens with one attached hydrogen (secondary N) is 1. The molecule has 1 saturated carbocycles. The number of pyridine rings is 1. The molecule has 1 N–H and O–H groups in total. The average molecular weight is 234 g/mol. The van der Waals surface area contributed by atoms with Crippen LogP contribution in [0.1, 0.15) is 44.7 Å². The Morgan fingerprint density at radius 1 is 1.35 bits per heavy atom. The highest BCUT2D eigenvalue weighted by Gasteiger charge is 2.20. The van der Waals surface area contributed by atoms with Gasteiger partial charge in [-0.2, -0.15) is 0 Å². The van der Waals surface area contributed by atoms with Crippen molar-refractivity contribution >= 4 is 0 Å². The smallest absolute Gasteiger partial charge is 0.213 e. The molecular weight excluding hydrogens is 212 g/mol. The minimum Gasteiger partial charge on any atom is -0.478 e. The molecule has 0 spiro atoms. The van der Waals surface area contributed by atoms with Gasteiger partial charge in [0.25, 0.3) is 0 Å². The van der Waals surface area contributed by atoms with Crippen LogP contribution in [0.15, 0.2) is 18.2 Å². The molecule has 0 saturated heterocycles. The number of aromatic nitrogens is 1. The van der Waals surface area contributed by atoms with E-state index in [-0.39, 0.29) is 0 Å². The van der Waals surface area contributed by atoms with Crippen molar-refractivity contribution in [1.82, 2.24) is 10.3 Å². The predicted octanol–water partition coefficient (Wildman–Crippen LogP) is 2.90. The molecule has 3 nitrogen and oxygen atoms in total. The molecule has 0 amide bonds. The summed E-state index contributed by atoms with van der Waals surface area (Å²) in [5.74, 6) is 0.760. The fourth-order valence-corrected chi connectivity index (χ4v) is 1.70. The number of unbranched alkanes of at least 4 members (excludes halogenated alkanes) is 2. The molecule has 17 heavy (non-hydrogen) atoms. The van der Waals surface area contributed by atoms with E-state index in [1.807, 2.05) is 18.2 Å². The normalized spacial score (nSPS) is 14.9. The van der Waals surface area contributed by atoms with E-state index in [1.54, 1.807) is 0 Å². The zero-order chi connectivity index (χ0) is 11.9. The van der Waals surface area contributed by atoms with Crippen LogP contribution in [0.5, 0.6) is 5.88 Å². The summed E-state index contributed by atoms with van der Waals surface area (Å²) in [6.45, 7) is 3.83. The molecule has 1 aromatic heterocycles. The Balaban J connectivity index is 1.74. The SMILES string of the molecule is CCCCCOc1cccc(CNC2CC2)n1. The lowest BCUT2D eigenvalue weighted by Gasteiger charge is -2.07. The highest BCUT2D eigenvalue weighted by atomic mass is 16.5. The Labute approximate surface area is 104 Å². The van der Waals surface area contributed by atoms with Gasteiger partial charge in [-0.05, 0) is 25.3 Å². The van der Waals surface area contributed by atoms with Crippen LogP contribution in [-0.2, 0) is 6.54 Å². The van der Waals surface area contributed by atoms with Gasteiger partial charge in [0.1, 0.15) is 0 Å². The van der Waals surface area contributed by atoms with Crippen molar-refractivity contribution in [2.75, 3.05) is 6.61 Å². The topological polar surface area (TPSA) is 34.1 Å². The van der Waals surface area contributed by atoms with Crippen molar-refractivity contribution in [2.24, 2.45) is 0 Å². The van der Waals surface area contributed by atoms with Crippen LogP contribution in [0.2, 0.25) is 0 Å². The number of nitrogens with zero attached hydrogens (tertiary/aromatic N) is 1. The first kappa shape index (κ1) is 12.4. The molecule has 0 aromatic carbocycles. The van der Waals surface area contributed by atoms with Crippen LogP contribution in [-0.4, -0.2) is 17.6 Å². The van der Waals surface area contributed by atoms with Crippen LogP contribution in [0, 0.1) is 0 Å². The Morgan fingerprint density at radius 3 is 3.00 bits per heavy atom. The molecule has 0 atom stereocenters. The van der Waals surface area contributed by atoms with Crippen molar-refractivity contribution in [1.29, 1.82) is 0 Å². The molecule has 1 heterocycles. The van der Waals surface area contributed by atoms with Gasteiger partial charge in [-0.1, -0.05) is 25.8 Å². The summed E-state index contributed by atoms with van der Waals surface area (Å²) in [5, 5.41) is 3.46. The third kappa shape index (κ3) is 4.73. The maximum absolute atomic E-state index is 5.63. The van der Waals surface area contributed by atoms with Crippen molar-refractivity contribution < 1.29 is 4.74 Å². The number of hydrogen-bond donors (Lipinski definition) is 1. The molecule has 1 fully saturated rings.